The van der Waals surface area contributed by atoms with Gasteiger partial charge in [0.25, 0.3) is 0 Å². The Balaban J connectivity index is 2.15. The normalized spacial score (nSPS) is 29.9. The van der Waals surface area contributed by atoms with Crippen molar-refractivity contribution < 1.29 is 8.42 Å². The van der Waals surface area contributed by atoms with Gasteiger partial charge in [-0.2, -0.15) is 0 Å². The summed E-state index contributed by atoms with van der Waals surface area (Å²) < 4.78 is 23.2. The summed E-state index contributed by atoms with van der Waals surface area (Å²) in [6, 6.07) is 0.0155. The molecule has 1 atom stereocenters. The predicted octanol–water partition coefficient (Wildman–Crippen LogP) is 1.23. The number of sulfone groups is 1. The largest absolute Gasteiger partial charge is 0.281 e. The summed E-state index contributed by atoms with van der Waals surface area (Å²) in [5.74, 6) is 0.518. The fraction of sp³-hybridized carbons (Fsp3) is 0.909. The first-order valence-corrected chi connectivity index (χ1v) is 8.93. The minimum Gasteiger partial charge on any atom is -0.281 e. The average molecular weight is 291 g/mol. The predicted molar refractivity (Wildman–Crippen MR) is 76.3 cm³/mol. The summed E-state index contributed by atoms with van der Waals surface area (Å²) in [5.41, 5.74) is 2.97. The third-order valence-corrected chi connectivity index (χ3v) is 5.61. The number of amidine groups is 1. The van der Waals surface area contributed by atoms with Gasteiger partial charge in [-0.25, -0.2) is 18.8 Å². The number of nitrogens with one attached hydrogen (secondary N) is 1. The fourth-order valence-electron chi connectivity index (χ4n) is 2.18. The van der Waals surface area contributed by atoms with E-state index in [-0.39, 0.29) is 23.2 Å². The van der Waals surface area contributed by atoms with E-state index >= 15 is 0 Å². The molecule has 2 aliphatic heterocycles. The highest BCUT2D eigenvalue weighted by molar-refractivity contribution is 8.14. The molecule has 7 heteroatoms. The van der Waals surface area contributed by atoms with Crippen LogP contribution in [-0.4, -0.2) is 47.1 Å². The highest BCUT2D eigenvalue weighted by atomic mass is 32.2. The Bertz CT molecular complexity index is 457. The summed E-state index contributed by atoms with van der Waals surface area (Å²) in [7, 11) is -2.87. The second-order valence-corrected chi connectivity index (χ2v) is 9.43. The van der Waals surface area contributed by atoms with Gasteiger partial charge in [0.05, 0.1) is 17.5 Å². The van der Waals surface area contributed by atoms with Crippen molar-refractivity contribution in [3.63, 3.8) is 0 Å². The molecule has 0 saturated carbocycles. The molecule has 2 heterocycles. The Labute approximate surface area is 113 Å². The van der Waals surface area contributed by atoms with Crippen LogP contribution in [0.3, 0.4) is 0 Å². The van der Waals surface area contributed by atoms with Gasteiger partial charge >= 0.3 is 0 Å². The van der Waals surface area contributed by atoms with Crippen LogP contribution in [0.1, 0.15) is 34.1 Å². The molecule has 0 bridgehead atoms. The second kappa shape index (κ2) is 4.68. The maximum atomic E-state index is 11.6. The number of aliphatic imine (C=N–C) groups is 1. The first kappa shape index (κ1) is 14.1. The summed E-state index contributed by atoms with van der Waals surface area (Å²) in [6.45, 7) is 8.22. The Morgan fingerprint density at radius 3 is 2.67 bits per heavy atom. The zero-order valence-electron chi connectivity index (χ0n) is 11.3. The van der Waals surface area contributed by atoms with E-state index in [1.54, 1.807) is 11.8 Å². The SMILES string of the molecule is CC(C)SC1=NC(C)(C)NN1C1CCS(=O)(=O)C1. The molecule has 0 amide bonds. The van der Waals surface area contributed by atoms with Crippen molar-refractivity contribution >= 4 is 26.8 Å². The monoisotopic (exact) mass is 291 g/mol. The van der Waals surface area contributed by atoms with Gasteiger partial charge < -0.3 is 0 Å². The molecular formula is C11H21N3O2S2. The Hall–Kier alpha value is -0.270. The van der Waals surface area contributed by atoms with Crippen molar-refractivity contribution in [1.29, 1.82) is 0 Å². The molecule has 0 aromatic heterocycles. The molecule has 18 heavy (non-hydrogen) atoms. The van der Waals surface area contributed by atoms with Crippen molar-refractivity contribution in [2.75, 3.05) is 11.5 Å². The minimum atomic E-state index is -2.87. The molecular weight excluding hydrogens is 270 g/mol. The zero-order chi connectivity index (χ0) is 13.6. The first-order valence-electron chi connectivity index (χ1n) is 6.22. The number of hydrogen-bond donors (Lipinski definition) is 1. The van der Waals surface area contributed by atoms with Crippen molar-refractivity contribution in [2.45, 2.75) is 51.1 Å². The third kappa shape index (κ3) is 3.19. The topological polar surface area (TPSA) is 61.8 Å². The molecule has 0 radical (unpaired) electrons. The van der Waals surface area contributed by atoms with Crippen molar-refractivity contribution in [1.82, 2.24) is 10.4 Å². The molecule has 104 valence electrons. The Morgan fingerprint density at radius 2 is 2.17 bits per heavy atom. The van der Waals surface area contributed by atoms with E-state index < -0.39 is 9.84 Å². The van der Waals surface area contributed by atoms with E-state index in [1.807, 2.05) is 18.9 Å². The number of nitrogens with zero attached hydrogens (tertiary/aromatic N) is 2. The summed E-state index contributed by atoms with van der Waals surface area (Å²) in [4.78, 5) is 4.63. The van der Waals surface area contributed by atoms with Gasteiger partial charge in [-0.05, 0) is 20.3 Å². The van der Waals surface area contributed by atoms with E-state index in [2.05, 4.69) is 24.3 Å². The zero-order valence-corrected chi connectivity index (χ0v) is 12.9. The Kier molecular flexibility index (Phi) is 3.68. The maximum Gasteiger partial charge on any atom is 0.176 e. The quantitative estimate of drug-likeness (QED) is 0.829. The van der Waals surface area contributed by atoms with Crippen molar-refractivity contribution in [2.24, 2.45) is 4.99 Å². The lowest BCUT2D eigenvalue weighted by Crippen LogP contribution is -2.50. The molecule has 0 aromatic carbocycles. The molecule has 1 saturated heterocycles. The average Bonchev–Trinajstić information content (AvgIpc) is 2.65. The number of hydrazine groups is 1. The van der Waals surface area contributed by atoms with Crippen LogP contribution in [0, 0.1) is 0 Å². The first-order chi connectivity index (χ1) is 8.19. The fourth-order valence-corrected chi connectivity index (χ4v) is 4.89. The molecule has 2 aliphatic rings. The highest BCUT2D eigenvalue weighted by Crippen LogP contribution is 2.29. The lowest BCUT2D eigenvalue weighted by atomic mass is 10.2. The van der Waals surface area contributed by atoms with Gasteiger partial charge in [0.2, 0.25) is 0 Å². The molecule has 1 fully saturated rings. The number of hydrogen-bond acceptors (Lipinski definition) is 6. The van der Waals surface area contributed by atoms with E-state index in [0.717, 1.165) is 5.17 Å². The van der Waals surface area contributed by atoms with Crippen LogP contribution in [0.25, 0.3) is 0 Å². The molecule has 1 unspecified atom stereocenters. The van der Waals surface area contributed by atoms with E-state index in [0.29, 0.717) is 11.7 Å². The van der Waals surface area contributed by atoms with Crippen LogP contribution in [-0.2, 0) is 9.84 Å². The highest BCUT2D eigenvalue weighted by Gasteiger charge is 2.40. The van der Waals surface area contributed by atoms with Crippen molar-refractivity contribution in [3.05, 3.63) is 0 Å². The molecule has 0 aromatic rings. The molecule has 0 spiro atoms. The van der Waals surface area contributed by atoms with Gasteiger partial charge in [-0.15, -0.1) is 0 Å². The van der Waals surface area contributed by atoms with Crippen LogP contribution in [0.5, 0.6) is 0 Å². The van der Waals surface area contributed by atoms with Crippen LogP contribution in [0.15, 0.2) is 4.99 Å². The standard InChI is InChI=1S/C11H21N3O2S2/c1-8(2)17-10-12-11(3,4)13-14(10)9-5-6-18(15,16)7-9/h8-9,13H,5-7H2,1-4H3. The van der Waals surface area contributed by atoms with Crippen LogP contribution >= 0.6 is 11.8 Å². The van der Waals surface area contributed by atoms with Crippen LogP contribution in [0.2, 0.25) is 0 Å². The second-order valence-electron chi connectivity index (χ2n) is 5.66. The summed E-state index contributed by atoms with van der Waals surface area (Å²) in [6.07, 6.45) is 0.684. The van der Waals surface area contributed by atoms with Gasteiger partial charge in [-0.3, -0.25) is 5.01 Å². The Morgan fingerprint density at radius 1 is 1.50 bits per heavy atom. The van der Waals surface area contributed by atoms with Gasteiger partial charge in [0, 0.05) is 5.25 Å². The maximum absolute atomic E-state index is 11.6. The van der Waals surface area contributed by atoms with E-state index in [1.165, 1.54) is 0 Å². The van der Waals surface area contributed by atoms with Crippen LogP contribution in [0.4, 0.5) is 0 Å². The molecule has 5 nitrogen and oxygen atoms in total. The summed E-state index contributed by atoms with van der Waals surface area (Å²) in [5, 5.41) is 3.31. The van der Waals surface area contributed by atoms with Crippen molar-refractivity contribution in [3.8, 4) is 0 Å². The minimum absolute atomic E-state index is 0.0155. The lowest BCUT2D eigenvalue weighted by Gasteiger charge is -2.29. The van der Waals surface area contributed by atoms with Gasteiger partial charge in [0.15, 0.2) is 15.0 Å². The number of thioether (sulfide) groups is 1. The van der Waals surface area contributed by atoms with E-state index in [9.17, 15) is 8.42 Å². The van der Waals surface area contributed by atoms with Gasteiger partial charge in [-0.1, -0.05) is 25.6 Å². The smallest absolute Gasteiger partial charge is 0.176 e. The van der Waals surface area contributed by atoms with Crippen LogP contribution < -0.4 is 5.43 Å². The summed E-state index contributed by atoms with van der Waals surface area (Å²) >= 11 is 1.68. The number of rotatable bonds is 2. The third-order valence-electron chi connectivity index (χ3n) is 2.89. The van der Waals surface area contributed by atoms with E-state index in [4.69, 9.17) is 0 Å². The lowest BCUT2D eigenvalue weighted by molar-refractivity contribution is 0.204. The molecule has 2 rings (SSSR count). The van der Waals surface area contributed by atoms with Gasteiger partial charge in [0.1, 0.15) is 5.66 Å². The molecule has 1 N–H and O–H groups in total. The molecule has 0 aliphatic carbocycles.